The van der Waals surface area contributed by atoms with Gasteiger partial charge in [-0.05, 0) is 42.5 Å². The van der Waals surface area contributed by atoms with Gasteiger partial charge < -0.3 is 15.0 Å². The SMILES string of the molecule is CN(CC(=O)Nc1ccc(Cl)cc1)C(=O)COc1cccc(Br)c1. The summed E-state index contributed by atoms with van der Waals surface area (Å²) in [6, 6.07) is 13.9. The van der Waals surface area contributed by atoms with E-state index >= 15 is 0 Å². The van der Waals surface area contributed by atoms with E-state index in [1.165, 1.54) is 4.90 Å². The Labute approximate surface area is 153 Å². The molecule has 0 aromatic heterocycles. The van der Waals surface area contributed by atoms with Crippen LogP contribution in [0.5, 0.6) is 5.75 Å². The van der Waals surface area contributed by atoms with Crippen LogP contribution in [0.15, 0.2) is 53.0 Å². The van der Waals surface area contributed by atoms with Crippen molar-refractivity contribution in [1.82, 2.24) is 4.90 Å². The van der Waals surface area contributed by atoms with Crippen LogP contribution in [-0.4, -0.2) is 36.9 Å². The second kappa shape index (κ2) is 8.70. The van der Waals surface area contributed by atoms with Crippen molar-refractivity contribution in [2.75, 3.05) is 25.5 Å². The van der Waals surface area contributed by atoms with Crippen LogP contribution in [0.2, 0.25) is 5.02 Å². The van der Waals surface area contributed by atoms with Crippen LogP contribution in [0.25, 0.3) is 0 Å². The van der Waals surface area contributed by atoms with Crippen molar-refractivity contribution in [3.8, 4) is 5.75 Å². The Morgan fingerprint density at radius 3 is 2.58 bits per heavy atom. The molecule has 0 heterocycles. The fourth-order valence-electron chi connectivity index (χ4n) is 1.85. The minimum Gasteiger partial charge on any atom is -0.484 e. The lowest BCUT2D eigenvalue weighted by molar-refractivity contribution is -0.135. The third kappa shape index (κ3) is 5.86. The third-order valence-electron chi connectivity index (χ3n) is 3.09. The number of carbonyl (C=O) groups is 2. The predicted octanol–water partition coefficient (Wildman–Crippen LogP) is 3.58. The molecule has 0 aliphatic carbocycles. The first kappa shape index (κ1) is 18.3. The number of ether oxygens (including phenoxy) is 1. The van der Waals surface area contributed by atoms with Gasteiger partial charge in [0.05, 0.1) is 6.54 Å². The summed E-state index contributed by atoms with van der Waals surface area (Å²) in [5.74, 6) is -0.00593. The second-order valence-corrected chi connectivity index (χ2v) is 6.40. The molecule has 7 heteroatoms. The zero-order valence-corrected chi connectivity index (χ0v) is 15.3. The van der Waals surface area contributed by atoms with Crippen LogP contribution in [0.4, 0.5) is 5.69 Å². The van der Waals surface area contributed by atoms with Gasteiger partial charge in [-0.2, -0.15) is 0 Å². The summed E-state index contributed by atoms with van der Waals surface area (Å²) in [5.41, 5.74) is 0.621. The second-order valence-electron chi connectivity index (χ2n) is 5.05. The Morgan fingerprint density at radius 1 is 1.21 bits per heavy atom. The molecule has 0 aliphatic rings. The first-order valence-electron chi connectivity index (χ1n) is 7.12. The minimum atomic E-state index is -0.296. The van der Waals surface area contributed by atoms with Gasteiger partial charge in [0.2, 0.25) is 5.91 Å². The Morgan fingerprint density at radius 2 is 1.92 bits per heavy atom. The summed E-state index contributed by atoms with van der Waals surface area (Å²) >= 11 is 9.12. The molecule has 2 aromatic carbocycles. The van der Waals surface area contributed by atoms with Crippen molar-refractivity contribution in [3.05, 3.63) is 58.0 Å². The van der Waals surface area contributed by atoms with E-state index in [1.54, 1.807) is 43.4 Å². The topological polar surface area (TPSA) is 58.6 Å². The van der Waals surface area contributed by atoms with E-state index < -0.39 is 0 Å². The fourth-order valence-corrected chi connectivity index (χ4v) is 2.35. The van der Waals surface area contributed by atoms with E-state index in [0.717, 1.165) is 4.47 Å². The van der Waals surface area contributed by atoms with Gasteiger partial charge in [0, 0.05) is 22.2 Å². The van der Waals surface area contributed by atoms with Crippen LogP contribution in [0, 0.1) is 0 Å². The van der Waals surface area contributed by atoms with Gasteiger partial charge in [-0.1, -0.05) is 33.6 Å². The molecule has 2 rings (SSSR count). The van der Waals surface area contributed by atoms with Gasteiger partial charge in [0.15, 0.2) is 6.61 Å². The molecule has 0 saturated heterocycles. The molecule has 2 amide bonds. The van der Waals surface area contributed by atoms with Crippen molar-refractivity contribution >= 4 is 45.0 Å². The van der Waals surface area contributed by atoms with Gasteiger partial charge in [-0.3, -0.25) is 9.59 Å². The van der Waals surface area contributed by atoms with Crippen molar-refractivity contribution in [3.63, 3.8) is 0 Å². The van der Waals surface area contributed by atoms with Crippen LogP contribution in [0.1, 0.15) is 0 Å². The molecule has 0 atom stereocenters. The third-order valence-corrected chi connectivity index (χ3v) is 3.84. The van der Waals surface area contributed by atoms with E-state index in [2.05, 4.69) is 21.2 Å². The lowest BCUT2D eigenvalue weighted by Gasteiger charge is -2.17. The number of halogens is 2. The maximum Gasteiger partial charge on any atom is 0.260 e. The van der Waals surface area contributed by atoms with Gasteiger partial charge in [0.25, 0.3) is 5.91 Å². The Balaban J connectivity index is 1.80. The van der Waals surface area contributed by atoms with Crippen molar-refractivity contribution < 1.29 is 14.3 Å². The maximum absolute atomic E-state index is 12.0. The van der Waals surface area contributed by atoms with E-state index in [-0.39, 0.29) is 25.0 Å². The molecule has 1 N–H and O–H groups in total. The number of anilines is 1. The van der Waals surface area contributed by atoms with Crippen LogP contribution >= 0.6 is 27.5 Å². The Bertz CT molecular complexity index is 722. The highest BCUT2D eigenvalue weighted by atomic mass is 79.9. The average Bonchev–Trinajstić information content (AvgIpc) is 2.54. The molecular formula is C17H16BrClN2O3. The van der Waals surface area contributed by atoms with E-state index in [4.69, 9.17) is 16.3 Å². The predicted molar refractivity (Wildman–Crippen MR) is 97.4 cm³/mol. The number of amides is 2. The van der Waals surface area contributed by atoms with Crippen molar-refractivity contribution in [2.45, 2.75) is 0 Å². The summed E-state index contributed by atoms with van der Waals surface area (Å²) < 4.78 is 6.28. The van der Waals surface area contributed by atoms with E-state index in [1.807, 2.05) is 12.1 Å². The zero-order valence-electron chi connectivity index (χ0n) is 13.0. The first-order chi connectivity index (χ1) is 11.4. The van der Waals surface area contributed by atoms with Crippen LogP contribution in [-0.2, 0) is 9.59 Å². The van der Waals surface area contributed by atoms with Gasteiger partial charge in [-0.15, -0.1) is 0 Å². The van der Waals surface area contributed by atoms with Crippen molar-refractivity contribution in [2.24, 2.45) is 0 Å². The molecule has 0 aliphatic heterocycles. The Hall–Kier alpha value is -2.05. The largest absolute Gasteiger partial charge is 0.484 e. The molecule has 24 heavy (non-hydrogen) atoms. The van der Waals surface area contributed by atoms with Crippen LogP contribution in [0.3, 0.4) is 0 Å². The van der Waals surface area contributed by atoms with E-state index in [9.17, 15) is 9.59 Å². The molecule has 0 unspecified atom stereocenters. The molecular weight excluding hydrogens is 396 g/mol. The quantitative estimate of drug-likeness (QED) is 0.790. The fraction of sp³-hybridized carbons (Fsp3) is 0.176. The molecule has 2 aromatic rings. The lowest BCUT2D eigenvalue weighted by atomic mass is 10.3. The maximum atomic E-state index is 12.0. The number of benzene rings is 2. The highest BCUT2D eigenvalue weighted by molar-refractivity contribution is 9.10. The highest BCUT2D eigenvalue weighted by Crippen LogP contribution is 2.17. The lowest BCUT2D eigenvalue weighted by Crippen LogP contribution is -2.37. The molecule has 0 spiro atoms. The number of nitrogens with zero attached hydrogens (tertiary/aromatic N) is 1. The number of likely N-dealkylation sites (N-methyl/N-ethyl adjacent to an activating group) is 1. The minimum absolute atomic E-state index is 0.0662. The molecule has 0 fully saturated rings. The summed E-state index contributed by atoms with van der Waals surface area (Å²) in [6.45, 7) is -0.204. The van der Waals surface area contributed by atoms with Crippen molar-refractivity contribution in [1.29, 1.82) is 0 Å². The number of hydrogen-bond donors (Lipinski definition) is 1. The number of nitrogens with one attached hydrogen (secondary N) is 1. The molecule has 0 saturated carbocycles. The summed E-state index contributed by atoms with van der Waals surface area (Å²) in [5, 5.41) is 3.29. The molecule has 126 valence electrons. The van der Waals surface area contributed by atoms with E-state index in [0.29, 0.717) is 16.5 Å². The summed E-state index contributed by atoms with van der Waals surface area (Å²) in [4.78, 5) is 25.3. The van der Waals surface area contributed by atoms with Gasteiger partial charge >= 0.3 is 0 Å². The Kier molecular flexibility index (Phi) is 6.63. The summed E-state index contributed by atoms with van der Waals surface area (Å²) in [7, 11) is 1.55. The van der Waals surface area contributed by atoms with Gasteiger partial charge in [0.1, 0.15) is 5.75 Å². The first-order valence-corrected chi connectivity index (χ1v) is 8.29. The standard InChI is InChI=1S/C17H16BrClN2O3/c1-21(10-16(22)20-14-7-5-13(19)6-8-14)17(23)11-24-15-4-2-3-12(18)9-15/h2-9H,10-11H2,1H3,(H,20,22). The number of hydrogen-bond acceptors (Lipinski definition) is 3. The van der Waals surface area contributed by atoms with Crippen LogP contribution < -0.4 is 10.1 Å². The molecule has 0 bridgehead atoms. The average molecular weight is 412 g/mol. The highest BCUT2D eigenvalue weighted by Gasteiger charge is 2.14. The monoisotopic (exact) mass is 410 g/mol. The molecule has 5 nitrogen and oxygen atoms in total. The normalized spacial score (nSPS) is 10.1. The zero-order chi connectivity index (χ0) is 17.5. The summed E-state index contributed by atoms with van der Waals surface area (Å²) in [6.07, 6.45) is 0. The van der Waals surface area contributed by atoms with Gasteiger partial charge in [-0.25, -0.2) is 0 Å². The number of rotatable bonds is 6. The number of carbonyl (C=O) groups excluding carboxylic acids is 2. The smallest absolute Gasteiger partial charge is 0.260 e. The molecule has 0 radical (unpaired) electrons.